The van der Waals surface area contributed by atoms with Crippen molar-refractivity contribution >= 4 is 11.9 Å². The zero-order chi connectivity index (χ0) is 61.9. The van der Waals surface area contributed by atoms with E-state index in [0.29, 0.717) is 12.8 Å². The molecular weight excluding hydrogens is 1050 g/mol. The van der Waals surface area contributed by atoms with Crippen LogP contribution in [0.3, 0.4) is 0 Å². The van der Waals surface area contributed by atoms with Crippen LogP contribution in [-0.4, -0.2) is 36.4 Å². The molecule has 0 aromatic heterocycles. The molecule has 0 bridgehead atoms. The van der Waals surface area contributed by atoms with Gasteiger partial charge in [0.1, 0.15) is 6.61 Å². The van der Waals surface area contributed by atoms with E-state index in [4.69, 9.17) is 9.47 Å². The molecule has 0 radical (unpaired) electrons. The Balaban J connectivity index is 3.38. The van der Waals surface area contributed by atoms with Crippen molar-refractivity contribution in [2.75, 3.05) is 13.2 Å². The normalized spacial score (nSPS) is 12.5. The molecule has 1 unspecified atom stereocenters. The average molecular weight is 1200 g/mol. The van der Waals surface area contributed by atoms with Crippen molar-refractivity contribution in [3.05, 3.63) is 60.8 Å². The van der Waals surface area contributed by atoms with Crippen LogP contribution in [0.4, 0.5) is 0 Å². The lowest BCUT2D eigenvalue weighted by molar-refractivity contribution is -0.161. The van der Waals surface area contributed by atoms with Crippen molar-refractivity contribution in [3.8, 4) is 0 Å². The molecule has 0 amide bonds. The quantitative estimate of drug-likeness (QED) is 0.0373. The summed E-state index contributed by atoms with van der Waals surface area (Å²) in [5, 5.41) is 9.72. The SMILES string of the molecule is CCCCCCC/C=C\C/C=C\C/C=C\CCCCCCCCCCCCCCCCCCCCC(=O)OC(CO)COC(=O)CCCCCCCCCCCCCCCCCCCCCCCCCCCCC/C=C\C/C=C\CCCCCCC. The van der Waals surface area contributed by atoms with Crippen LogP contribution in [-0.2, 0) is 19.1 Å². The number of rotatable bonds is 73. The van der Waals surface area contributed by atoms with Crippen molar-refractivity contribution in [2.45, 2.75) is 431 Å². The molecule has 5 heteroatoms. The lowest BCUT2D eigenvalue weighted by atomic mass is 10.0. The van der Waals surface area contributed by atoms with E-state index in [1.165, 1.54) is 347 Å². The summed E-state index contributed by atoms with van der Waals surface area (Å²) in [4.78, 5) is 24.7. The van der Waals surface area contributed by atoms with Crippen LogP contribution in [0.15, 0.2) is 60.8 Å². The molecule has 0 aromatic rings. The van der Waals surface area contributed by atoms with E-state index in [1.807, 2.05) is 0 Å². The van der Waals surface area contributed by atoms with Gasteiger partial charge in [-0.05, 0) is 83.5 Å². The molecule has 0 saturated heterocycles. The van der Waals surface area contributed by atoms with Crippen molar-refractivity contribution in [1.29, 1.82) is 0 Å². The topological polar surface area (TPSA) is 72.8 Å². The Morgan fingerprint density at radius 1 is 0.267 bits per heavy atom. The van der Waals surface area contributed by atoms with E-state index in [-0.39, 0.29) is 25.2 Å². The maximum Gasteiger partial charge on any atom is 0.306 e. The number of hydrogen-bond acceptors (Lipinski definition) is 5. The number of esters is 2. The lowest BCUT2D eigenvalue weighted by Crippen LogP contribution is -2.28. The highest BCUT2D eigenvalue weighted by atomic mass is 16.6. The standard InChI is InChI=1S/C81H150O5/c1-3-5-7-9-11-13-15-17-19-21-23-25-27-29-31-33-35-37-38-39-40-41-42-44-45-47-49-51-53-55-57-59-61-63-65-67-69-71-73-75-80(83)85-78-79(77-82)86-81(84)76-74-72-70-68-66-64-62-60-58-56-54-52-50-48-46-43-36-34-32-30-28-26-24-22-20-18-16-14-12-10-8-6-4-2/h15-18,21-24,28,30,79,82H,3-14,19-20,25-27,29,31-78H2,1-2H3/b17-15-,18-16-,23-21-,24-22-,30-28-. The second-order valence-corrected chi connectivity index (χ2v) is 26.4. The molecular formula is C81H150O5. The molecule has 0 spiro atoms. The molecule has 0 saturated carbocycles. The average Bonchev–Trinajstić information content (AvgIpc) is 3.55. The minimum Gasteiger partial charge on any atom is -0.462 e. The third-order valence-corrected chi connectivity index (χ3v) is 17.8. The third kappa shape index (κ3) is 74.1. The summed E-state index contributed by atoms with van der Waals surface area (Å²) < 4.78 is 10.8. The molecule has 86 heavy (non-hydrogen) atoms. The Hall–Kier alpha value is -2.40. The summed E-state index contributed by atoms with van der Waals surface area (Å²) in [6.45, 7) is 4.18. The van der Waals surface area contributed by atoms with Gasteiger partial charge in [-0.25, -0.2) is 0 Å². The fraction of sp³-hybridized carbons (Fsp3) is 0.852. The molecule has 5 nitrogen and oxygen atoms in total. The number of unbranched alkanes of at least 4 members (excludes halogenated alkanes) is 55. The van der Waals surface area contributed by atoms with E-state index in [0.717, 1.165) is 51.4 Å². The Morgan fingerprint density at radius 2 is 0.465 bits per heavy atom. The number of hydrogen-bond donors (Lipinski definition) is 1. The summed E-state index contributed by atoms with van der Waals surface area (Å²) in [6, 6.07) is 0. The molecule has 0 rings (SSSR count). The molecule has 0 fully saturated rings. The Labute approximate surface area is 538 Å². The Morgan fingerprint density at radius 3 is 0.698 bits per heavy atom. The predicted octanol–water partition coefficient (Wildman–Crippen LogP) is 27.2. The van der Waals surface area contributed by atoms with Crippen LogP contribution >= 0.6 is 0 Å². The Bertz CT molecular complexity index is 1460. The molecule has 0 aliphatic carbocycles. The van der Waals surface area contributed by atoms with Crippen LogP contribution < -0.4 is 0 Å². The van der Waals surface area contributed by atoms with E-state index in [1.54, 1.807) is 0 Å². The number of carbonyl (C=O) groups excluding carboxylic acids is 2. The zero-order valence-electron chi connectivity index (χ0n) is 58.1. The van der Waals surface area contributed by atoms with Crippen molar-refractivity contribution in [1.82, 2.24) is 0 Å². The van der Waals surface area contributed by atoms with Gasteiger partial charge in [-0.2, -0.15) is 0 Å². The minimum atomic E-state index is -0.772. The maximum atomic E-state index is 12.4. The van der Waals surface area contributed by atoms with E-state index in [9.17, 15) is 14.7 Å². The highest BCUT2D eigenvalue weighted by Gasteiger charge is 2.16. The summed E-state index contributed by atoms with van der Waals surface area (Å²) >= 11 is 0. The van der Waals surface area contributed by atoms with E-state index in [2.05, 4.69) is 74.6 Å². The zero-order valence-corrected chi connectivity index (χ0v) is 58.1. The van der Waals surface area contributed by atoms with Gasteiger partial charge in [0.2, 0.25) is 0 Å². The Kier molecular flexibility index (Phi) is 74.7. The highest BCUT2D eigenvalue weighted by Crippen LogP contribution is 2.19. The second kappa shape index (κ2) is 76.8. The summed E-state index contributed by atoms with van der Waals surface area (Å²) in [7, 11) is 0. The third-order valence-electron chi connectivity index (χ3n) is 17.8. The van der Waals surface area contributed by atoms with Crippen LogP contribution in [0, 0.1) is 0 Å². The molecule has 504 valence electrons. The van der Waals surface area contributed by atoms with Crippen molar-refractivity contribution in [3.63, 3.8) is 0 Å². The monoisotopic (exact) mass is 1200 g/mol. The first-order valence-corrected chi connectivity index (χ1v) is 38.8. The van der Waals surface area contributed by atoms with Crippen LogP contribution in [0.25, 0.3) is 0 Å². The number of ether oxygens (including phenoxy) is 2. The second-order valence-electron chi connectivity index (χ2n) is 26.4. The first kappa shape index (κ1) is 83.6. The fourth-order valence-corrected chi connectivity index (χ4v) is 12.0. The van der Waals surface area contributed by atoms with Crippen LogP contribution in [0.1, 0.15) is 425 Å². The smallest absolute Gasteiger partial charge is 0.306 e. The van der Waals surface area contributed by atoms with Gasteiger partial charge in [0.25, 0.3) is 0 Å². The number of carbonyl (C=O) groups is 2. The summed E-state index contributed by atoms with van der Waals surface area (Å²) in [6.07, 6.45) is 106. The molecule has 0 aromatic carbocycles. The van der Waals surface area contributed by atoms with Gasteiger partial charge in [0.15, 0.2) is 6.10 Å². The minimum absolute atomic E-state index is 0.0605. The predicted molar refractivity (Wildman–Crippen MR) is 380 cm³/mol. The van der Waals surface area contributed by atoms with Gasteiger partial charge in [-0.15, -0.1) is 0 Å². The van der Waals surface area contributed by atoms with Gasteiger partial charge in [0, 0.05) is 12.8 Å². The van der Waals surface area contributed by atoms with Gasteiger partial charge in [0.05, 0.1) is 6.61 Å². The van der Waals surface area contributed by atoms with Crippen LogP contribution in [0.2, 0.25) is 0 Å². The highest BCUT2D eigenvalue weighted by molar-refractivity contribution is 5.70. The molecule has 0 aliphatic rings. The van der Waals surface area contributed by atoms with Crippen molar-refractivity contribution < 1.29 is 24.2 Å². The van der Waals surface area contributed by atoms with E-state index < -0.39 is 6.10 Å². The molecule has 0 aliphatic heterocycles. The maximum absolute atomic E-state index is 12.4. The summed E-state index contributed by atoms with van der Waals surface area (Å²) in [5.74, 6) is -0.566. The van der Waals surface area contributed by atoms with Gasteiger partial charge < -0.3 is 14.6 Å². The van der Waals surface area contributed by atoms with Gasteiger partial charge in [-0.3, -0.25) is 9.59 Å². The van der Waals surface area contributed by atoms with Crippen LogP contribution in [0.5, 0.6) is 0 Å². The van der Waals surface area contributed by atoms with E-state index >= 15 is 0 Å². The lowest BCUT2D eigenvalue weighted by Gasteiger charge is -2.15. The fourth-order valence-electron chi connectivity index (χ4n) is 12.0. The van der Waals surface area contributed by atoms with Crippen molar-refractivity contribution in [2.24, 2.45) is 0 Å². The molecule has 1 atom stereocenters. The number of allylic oxidation sites excluding steroid dienone is 10. The molecule has 1 N–H and O–H groups in total. The van der Waals surface area contributed by atoms with Gasteiger partial charge in [-0.1, -0.05) is 389 Å². The molecule has 0 heterocycles. The van der Waals surface area contributed by atoms with Gasteiger partial charge >= 0.3 is 11.9 Å². The largest absolute Gasteiger partial charge is 0.462 e. The first-order chi connectivity index (χ1) is 42.6. The number of aliphatic hydroxyl groups is 1. The number of aliphatic hydroxyl groups excluding tert-OH is 1. The first-order valence-electron chi connectivity index (χ1n) is 38.8. The summed E-state index contributed by atoms with van der Waals surface area (Å²) in [5.41, 5.74) is 0.